The van der Waals surface area contributed by atoms with Gasteiger partial charge in [-0.15, -0.1) is 0 Å². The van der Waals surface area contributed by atoms with Gasteiger partial charge in [0.05, 0.1) is 35.9 Å². The molecule has 0 aliphatic heterocycles. The van der Waals surface area contributed by atoms with E-state index in [2.05, 4.69) is 10.6 Å². The number of anilines is 1. The average Bonchev–Trinajstić information content (AvgIpc) is 2.80. The van der Waals surface area contributed by atoms with E-state index in [1.54, 1.807) is 14.0 Å². The van der Waals surface area contributed by atoms with E-state index in [4.69, 9.17) is 14.6 Å². The molecule has 1 unspecified atom stereocenters. The third-order valence-corrected chi connectivity index (χ3v) is 6.15. The molecule has 33 heavy (non-hydrogen) atoms. The maximum Gasteiger partial charge on any atom is 0.335 e. The molecule has 1 atom stereocenters. The molecule has 4 N–H and O–H groups in total. The minimum atomic E-state index is -3.87. The fourth-order valence-corrected chi connectivity index (χ4v) is 4.13. The zero-order valence-electron chi connectivity index (χ0n) is 18.5. The Labute approximate surface area is 193 Å². The average molecular weight is 474 g/mol. The molecule has 0 aromatic heterocycles. The molecule has 2 aromatic rings. The largest absolute Gasteiger partial charge is 0.497 e. The third-order valence-electron chi connectivity index (χ3n) is 5.22. The first-order chi connectivity index (χ1) is 15.7. The van der Waals surface area contributed by atoms with Crippen molar-refractivity contribution in [3.05, 3.63) is 65.4 Å². The number of amides is 1. The van der Waals surface area contributed by atoms with E-state index in [-0.39, 0.29) is 23.1 Å². The van der Waals surface area contributed by atoms with Crippen LogP contribution in [-0.2, 0) is 19.6 Å². The monoisotopic (exact) mass is 473 g/mol. The van der Waals surface area contributed by atoms with Gasteiger partial charge in [0.1, 0.15) is 5.75 Å². The molecule has 3 rings (SSSR count). The van der Waals surface area contributed by atoms with E-state index in [1.807, 2.05) is 24.3 Å². The number of sulfonamides is 1. The molecule has 0 radical (unpaired) electrons. The Bertz CT molecular complexity index is 1160. The van der Waals surface area contributed by atoms with Crippen molar-refractivity contribution in [2.24, 2.45) is 5.14 Å². The summed E-state index contributed by atoms with van der Waals surface area (Å²) in [6.45, 7) is 1.94. The van der Waals surface area contributed by atoms with Gasteiger partial charge in [-0.05, 0) is 62.6 Å². The molecule has 9 nitrogen and oxygen atoms in total. The molecule has 10 heteroatoms. The maximum absolute atomic E-state index is 13.0. The number of hydrogen-bond donors (Lipinski definition) is 3. The van der Waals surface area contributed by atoms with Gasteiger partial charge >= 0.3 is 5.97 Å². The number of nitrogens with one attached hydrogen (secondary N) is 2. The van der Waals surface area contributed by atoms with Crippen molar-refractivity contribution in [3.63, 3.8) is 0 Å². The molecule has 0 saturated carbocycles. The van der Waals surface area contributed by atoms with Gasteiger partial charge in [-0.3, -0.25) is 4.79 Å². The second-order valence-corrected chi connectivity index (χ2v) is 9.02. The predicted molar refractivity (Wildman–Crippen MR) is 123 cm³/mol. The summed E-state index contributed by atoms with van der Waals surface area (Å²) in [5, 5.41) is 11.3. The van der Waals surface area contributed by atoms with Crippen molar-refractivity contribution < 1.29 is 27.5 Å². The summed E-state index contributed by atoms with van der Waals surface area (Å²) in [4.78, 5) is 25.5. The smallest absolute Gasteiger partial charge is 0.335 e. The van der Waals surface area contributed by atoms with Crippen molar-refractivity contribution in [1.82, 2.24) is 5.32 Å². The van der Waals surface area contributed by atoms with Crippen LogP contribution in [0, 0.1) is 0 Å². The molecule has 176 valence electrons. The molecule has 1 amide bonds. The number of methoxy groups -OCH3 is 1. The molecule has 2 aromatic carbocycles. The predicted octanol–water partition coefficient (Wildman–Crippen LogP) is 2.55. The molecule has 0 fully saturated rings. The number of carbonyl (C=O) groups excluding carboxylic acids is 2. The first-order valence-electron chi connectivity index (χ1n) is 10.5. The Morgan fingerprint density at radius 2 is 1.88 bits per heavy atom. The molecule has 0 bridgehead atoms. The third kappa shape index (κ3) is 6.11. The summed E-state index contributed by atoms with van der Waals surface area (Å²) < 4.78 is 33.4. The fraction of sp³-hybridized carbons (Fsp3) is 0.304. The van der Waals surface area contributed by atoms with Gasteiger partial charge in [-0.2, -0.15) is 0 Å². The summed E-state index contributed by atoms with van der Waals surface area (Å²) in [7, 11) is -2.30. The van der Waals surface area contributed by atoms with Gasteiger partial charge in [-0.1, -0.05) is 6.07 Å². The molecular weight excluding hydrogens is 446 g/mol. The van der Waals surface area contributed by atoms with Crippen LogP contribution in [0.15, 0.2) is 64.7 Å². The maximum atomic E-state index is 13.0. The van der Waals surface area contributed by atoms with Crippen LogP contribution in [0.5, 0.6) is 5.75 Å². The summed E-state index contributed by atoms with van der Waals surface area (Å²) in [5.41, 5.74) is 1.83. The Hall–Kier alpha value is -3.37. The molecule has 0 spiro atoms. The Morgan fingerprint density at radius 3 is 2.52 bits per heavy atom. The summed E-state index contributed by atoms with van der Waals surface area (Å²) >= 11 is 0. The van der Waals surface area contributed by atoms with Crippen molar-refractivity contribution in [1.29, 1.82) is 0 Å². The lowest BCUT2D eigenvalue weighted by Crippen LogP contribution is -2.39. The van der Waals surface area contributed by atoms with Crippen LogP contribution in [-0.4, -0.2) is 40.1 Å². The lowest BCUT2D eigenvalue weighted by molar-refractivity contribution is -0.138. The van der Waals surface area contributed by atoms with Crippen LogP contribution < -0.4 is 20.5 Å². The summed E-state index contributed by atoms with van der Waals surface area (Å²) in [5.74, 6) is -0.285. The van der Waals surface area contributed by atoms with Crippen LogP contribution in [0.3, 0.4) is 0 Å². The van der Waals surface area contributed by atoms with Crippen molar-refractivity contribution in [2.45, 2.75) is 37.1 Å². The first-order valence-corrected chi connectivity index (χ1v) is 12.0. The lowest BCUT2D eigenvalue weighted by Gasteiger charge is -2.30. The van der Waals surface area contributed by atoms with Crippen LogP contribution in [0.2, 0.25) is 0 Å². The van der Waals surface area contributed by atoms with Crippen LogP contribution >= 0.6 is 0 Å². The highest BCUT2D eigenvalue weighted by Gasteiger charge is 2.29. The van der Waals surface area contributed by atoms with Crippen molar-refractivity contribution in [3.8, 4) is 5.75 Å². The fourth-order valence-electron chi connectivity index (χ4n) is 3.61. The molecule has 0 saturated heterocycles. The van der Waals surface area contributed by atoms with E-state index in [9.17, 15) is 18.0 Å². The number of nitrogens with two attached hydrogens (primary N) is 1. The first kappa shape index (κ1) is 24.3. The SMILES string of the molecule is CCOC(=O)C1=C(NC(=O)c2ccc(S(N)(=O)=O)cc2)C(Nc2cccc(OC)c2)CCC1. The van der Waals surface area contributed by atoms with E-state index >= 15 is 0 Å². The lowest BCUT2D eigenvalue weighted by atomic mass is 9.91. The number of carbonyl (C=O) groups is 2. The standard InChI is InChI=1S/C23H27N3O6S/c1-3-32-23(28)19-8-5-9-20(25-16-6-4-7-17(14-16)31-2)21(19)26-22(27)15-10-12-18(13-11-15)33(24,29)30/h4,6-7,10-14,20,25H,3,5,8-9H2,1-2H3,(H,26,27)(H2,24,29,30). The zero-order chi connectivity index (χ0) is 24.0. The second-order valence-electron chi connectivity index (χ2n) is 7.46. The van der Waals surface area contributed by atoms with E-state index in [0.717, 1.165) is 12.1 Å². The Kier molecular flexibility index (Phi) is 7.72. The van der Waals surface area contributed by atoms with Gasteiger partial charge in [0.2, 0.25) is 10.0 Å². The summed E-state index contributed by atoms with van der Waals surface area (Å²) in [6.07, 6.45) is 1.88. The van der Waals surface area contributed by atoms with Crippen LogP contribution in [0.1, 0.15) is 36.5 Å². The number of ether oxygens (including phenoxy) is 2. The Balaban J connectivity index is 1.91. The number of benzene rings is 2. The minimum Gasteiger partial charge on any atom is -0.497 e. The quantitative estimate of drug-likeness (QED) is 0.501. The summed E-state index contributed by atoms with van der Waals surface area (Å²) in [6, 6.07) is 12.3. The van der Waals surface area contributed by atoms with Crippen molar-refractivity contribution >= 4 is 27.6 Å². The highest BCUT2D eigenvalue weighted by atomic mass is 32.2. The van der Waals surface area contributed by atoms with Gasteiger partial charge < -0.3 is 20.1 Å². The second kappa shape index (κ2) is 10.5. The number of primary sulfonamides is 1. The highest BCUT2D eigenvalue weighted by molar-refractivity contribution is 7.89. The Morgan fingerprint density at radius 1 is 1.15 bits per heavy atom. The van der Waals surface area contributed by atoms with Gasteiger partial charge in [0.25, 0.3) is 5.91 Å². The van der Waals surface area contributed by atoms with Gasteiger partial charge in [0, 0.05) is 17.3 Å². The van der Waals surface area contributed by atoms with E-state index < -0.39 is 21.9 Å². The molecule has 1 aliphatic carbocycles. The minimum absolute atomic E-state index is 0.0966. The topological polar surface area (TPSA) is 137 Å². The van der Waals surface area contributed by atoms with Gasteiger partial charge in [-0.25, -0.2) is 18.4 Å². The van der Waals surface area contributed by atoms with Crippen molar-refractivity contribution in [2.75, 3.05) is 19.0 Å². The van der Waals surface area contributed by atoms with E-state index in [1.165, 1.54) is 24.3 Å². The number of hydrogen-bond acceptors (Lipinski definition) is 7. The number of rotatable bonds is 8. The zero-order valence-corrected chi connectivity index (χ0v) is 19.3. The molecular formula is C23H27N3O6S. The van der Waals surface area contributed by atoms with Crippen LogP contribution in [0.4, 0.5) is 5.69 Å². The molecule has 1 aliphatic rings. The molecule has 0 heterocycles. The van der Waals surface area contributed by atoms with Crippen LogP contribution in [0.25, 0.3) is 0 Å². The highest BCUT2D eigenvalue weighted by Crippen LogP contribution is 2.29. The van der Waals surface area contributed by atoms with Gasteiger partial charge in [0.15, 0.2) is 0 Å². The number of esters is 1. The normalized spacial score (nSPS) is 16.2. The van der Waals surface area contributed by atoms with E-state index in [0.29, 0.717) is 29.9 Å².